The van der Waals surface area contributed by atoms with E-state index in [2.05, 4.69) is 24.1 Å². The highest BCUT2D eigenvalue weighted by Gasteiger charge is 2.07. The van der Waals surface area contributed by atoms with Crippen LogP contribution < -0.4 is 10.1 Å². The van der Waals surface area contributed by atoms with Gasteiger partial charge < -0.3 is 10.1 Å². The van der Waals surface area contributed by atoms with E-state index in [1.54, 1.807) is 24.4 Å². The SMILES string of the molecule is CCNC(C)c1ccnc(Oc2ccc(Cl)c(Cl)c2)c1. The summed E-state index contributed by atoms with van der Waals surface area (Å²) < 4.78 is 5.70. The van der Waals surface area contributed by atoms with Crippen LogP contribution in [-0.4, -0.2) is 11.5 Å². The maximum Gasteiger partial charge on any atom is 0.219 e. The van der Waals surface area contributed by atoms with Gasteiger partial charge in [0.15, 0.2) is 0 Å². The van der Waals surface area contributed by atoms with E-state index in [4.69, 9.17) is 27.9 Å². The summed E-state index contributed by atoms with van der Waals surface area (Å²) in [5, 5.41) is 4.31. The van der Waals surface area contributed by atoms with Crippen LogP contribution >= 0.6 is 23.2 Å². The third kappa shape index (κ3) is 3.85. The van der Waals surface area contributed by atoms with Crippen molar-refractivity contribution < 1.29 is 4.74 Å². The van der Waals surface area contributed by atoms with E-state index < -0.39 is 0 Å². The molecule has 0 amide bonds. The highest BCUT2D eigenvalue weighted by molar-refractivity contribution is 6.42. The monoisotopic (exact) mass is 310 g/mol. The second-order valence-corrected chi connectivity index (χ2v) is 5.20. The highest BCUT2D eigenvalue weighted by atomic mass is 35.5. The Labute approximate surface area is 128 Å². The molecule has 1 heterocycles. The molecule has 106 valence electrons. The molecule has 0 aliphatic carbocycles. The maximum absolute atomic E-state index is 5.96. The molecule has 1 aromatic carbocycles. The first-order valence-electron chi connectivity index (χ1n) is 6.42. The van der Waals surface area contributed by atoms with Crippen LogP contribution in [0.15, 0.2) is 36.5 Å². The first-order valence-corrected chi connectivity index (χ1v) is 7.18. The molecule has 1 unspecified atom stereocenters. The van der Waals surface area contributed by atoms with Crippen LogP contribution in [0.5, 0.6) is 11.6 Å². The molecule has 1 aromatic heterocycles. The number of rotatable bonds is 5. The van der Waals surface area contributed by atoms with Gasteiger partial charge in [-0.15, -0.1) is 0 Å². The number of hydrogen-bond acceptors (Lipinski definition) is 3. The molecule has 2 rings (SSSR count). The van der Waals surface area contributed by atoms with Crippen LogP contribution in [0.3, 0.4) is 0 Å². The first kappa shape index (κ1) is 15.1. The van der Waals surface area contributed by atoms with Gasteiger partial charge >= 0.3 is 0 Å². The largest absolute Gasteiger partial charge is 0.439 e. The van der Waals surface area contributed by atoms with Crippen molar-refractivity contribution in [2.75, 3.05) is 6.54 Å². The molecule has 0 aliphatic rings. The average Bonchev–Trinajstić information content (AvgIpc) is 2.43. The van der Waals surface area contributed by atoms with Gasteiger partial charge in [0.2, 0.25) is 5.88 Å². The Kier molecular flexibility index (Phi) is 5.24. The molecule has 0 radical (unpaired) electrons. The highest BCUT2D eigenvalue weighted by Crippen LogP contribution is 2.29. The van der Waals surface area contributed by atoms with E-state index >= 15 is 0 Å². The zero-order chi connectivity index (χ0) is 14.5. The lowest BCUT2D eigenvalue weighted by Crippen LogP contribution is -2.17. The summed E-state index contributed by atoms with van der Waals surface area (Å²) >= 11 is 11.8. The summed E-state index contributed by atoms with van der Waals surface area (Å²) in [6, 6.07) is 9.26. The Bertz CT molecular complexity index is 590. The summed E-state index contributed by atoms with van der Waals surface area (Å²) in [7, 11) is 0. The van der Waals surface area contributed by atoms with E-state index in [9.17, 15) is 0 Å². The van der Waals surface area contributed by atoms with Gasteiger partial charge in [0.25, 0.3) is 0 Å². The second-order valence-electron chi connectivity index (χ2n) is 4.38. The van der Waals surface area contributed by atoms with Crippen LogP contribution in [0.1, 0.15) is 25.5 Å². The Hall–Kier alpha value is -1.29. The lowest BCUT2D eigenvalue weighted by Gasteiger charge is -2.13. The van der Waals surface area contributed by atoms with Gasteiger partial charge in [-0.05, 0) is 37.2 Å². The van der Waals surface area contributed by atoms with Crippen molar-refractivity contribution in [3.8, 4) is 11.6 Å². The van der Waals surface area contributed by atoms with Crippen molar-refractivity contribution in [2.45, 2.75) is 19.9 Å². The molecular formula is C15H16Cl2N2O. The number of benzene rings is 1. The van der Waals surface area contributed by atoms with E-state index in [1.165, 1.54) is 0 Å². The van der Waals surface area contributed by atoms with Crippen LogP contribution in [0.2, 0.25) is 10.0 Å². The van der Waals surface area contributed by atoms with Crippen molar-refractivity contribution in [2.24, 2.45) is 0 Å². The predicted molar refractivity (Wildman–Crippen MR) is 82.9 cm³/mol. The third-order valence-electron chi connectivity index (χ3n) is 2.88. The lowest BCUT2D eigenvalue weighted by atomic mass is 10.1. The van der Waals surface area contributed by atoms with Gasteiger partial charge in [-0.2, -0.15) is 0 Å². The molecular weight excluding hydrogens is 295 g/mol. The van der Waals surface area contributed by atoms with Crippen LogP contribution in [0.4, 0.5) is 0 Å². The number of halogens is 2. The zero-order valence-corrected chi connectivity index (χ0v) is 12.9. The van der Waals surface area contributed by atoms with Gasteiger partial charge in [-0.1, -0.05) is 30.1 Å². The number of nitrogens with one attached hydrogen (secondary N) is 1. The molecule has 3 nitrogen and oxygen atoms in total. The molecule has 0 aliphatic heterocycles. The summed E-state index contributed by atoms with van der Waals surface area (Å²) in [4.78, 5) is 4.20. The first-order chi connectivity index (χ1) is 9.60. The molecule has 2 aromatic rings. The van der Waals surface area contributed by atoms with Crippen LogP contribution in [-0.2, 0) is 0 Å². The maximum atomic E-state index is 5.96. The zero-order valence-electron chi connectivity index (χ0n) is 11.4. The molecule has 20 heavy (non-hydrogen) atoms. The molecule has 0 bridgehead atoms. The topological polar surface area (TPSA) is 34.2 Å². The van der Waals surface area contributed by atoms with Crippen molar-refractivity contribution in [1.29, 1.82) is 0 Å². The van der Waals surface area contributed by atoms with Crippen molar-refractivity contribution >= 4 is 23.2 Å². The molecule has 5 heteroatoms. The summed E-state index contributed by atoms with van der Waals surface area (Å²) in [5.41, 5.74) is 1.12. The average molecular weight is 311 g/mol. The number of pyridine rings is 1. The van der Waals surface area contributed by atoms with E-state index in [0.29, 0.717) is 21.7 Å². The standard InChI is InChI=1S/C15H16Cl2N2O/c1-3-18-10(2)11-6-7-19-15(8-11)20-12-4-5-13(16)14(17)9-12/h4-10,18H,3H2,1-2H3. The van der Waals surface area contributed by atoms with E-state index in [-0.39, 0.29) is 6.04 Å². The number of ether oxygens (including phenoxy) is 1. The van der Waals surface area contributed by atoms with Crippen LogP contribution in [0.25, 0.3) is 0 Å². The molecule has 0 saturated carbocycles. The summed E-state index contributed by atoms with van der Waals surface area (Å²) in [5.74, 6) is 1.14. The van der Waals surface area contributed by atoms with Crippen molar-refractivity contribution in [1.82, 2.24) is 10.3 Å². The summed E-state index contributed by atoms with van der Waals surface area (Å²) in [6.07, 6.45) is 1.73. The van der Waals surface area contributed by atoms with Gasteiger partial charge in [0.1, 0.15) is 5.75 Å². The fourth-order valence-corrected chi connectivity index (χ4v) is 2.12. The Balaban J connectivity index is 2.16. The minimum atomic E-state index is 0.249. The predicted octanol–water partition coefficient (Wildman–Crippen LogP) is 4.85. The number of hydrogen-bond donors (Lipinski definition) is 1. The Morgan fingerprint density at radius 2 is 2.00 bits per heavy atom. The van der Waals surface area contributed by atoms with Crippen LogP contribution in [0, 0.1) is 0 Å². The molecule has 0 fully saturated rings. The minimum absolute atomic E-state index is 0.249. The van der Waals surface area contributed by atoms with Crippen molar-refractivity contribution in [3.05, 3.63) is 52.1 Å². The van der Waals surface area contributed by atoms with Gasteiger partial charge in [0, 0.05) is 24.4 Å². The molecule has 1 atom stereocenters. The number of nitrogens with zero attached hydrogens (tertiary/aromatic N) is 1. The second kappa shape index (κ2) is 6.93. The van der Waals surface area contributed by atoms with Gasteiger partial charge in [-0.3, -0.25) is 0 Å². The number of aromatic nitrogens is 1. The smallest absolute Gasteiger partial charge is 0.219 e. The van der Waals surface area contributed by atoms with Gasteiger partial charge in [0.05, 0.1) is 10.0 Å². The Morgan fingerprint density at radius 3 is 2.70 bits per heavy atom. The molecule has 0 spiro atoms. The Morgan fingerprint density at radius 1 is 1.20 bits per heavy atom. The van der Waals surface area contributed by atoms with E-state index in [1.807, 2.05) is 12.1 Å². The fraction of sp³-hybridized carbons (Fsp3) is 0.267. The van der Waals surface area contributed by atoms with Crippen molar-refractivity contribution in [3.63, 3.8) is 0 Å². The summed E-state index contributed by atoms with van der Waals surface area (Å²) in [6.45, 7) is 5.08. The normalized spacial score (nSPS) is 12.2. The molecule has 1 N–H and O–H groups in total. The molecule has 0 saturated heterocycles. The minimum Gasteiger partial charge on any atom is -0.439 e. The van der Waals surface area contributed by atoms with Gasteiger partial charge in [-0.25, -0.2) is 4.98 Å². The van der Waals surface area contributed by atoms with E-state index in [0.717, 1.165) is 12.1 Å². The fourth-order valence-electron chi connectivity index (χ4n) is 1.84. The third-order valence-corrected chi connectivity index (χ3v) is 3.62. The lowest BCUT2D eigenvalue weighted by molar-refractivity contribution is 0.460. The quantitative estimate of drug-likeness (QED) is 0.857.